The summed E-state index contributed by atoms with van der Waals surface area (Å²) in [5.74, 6) is 0.920. The predicted octanol–water partition coefficient (Wildman–Crippen LogP) is 3.88. The number of amides is 1. The highest BCUT2D eigenvalue weighted by molar-refractivity contribution is 5.92. The summed E-state index contributed by atoms with van der Waals surface area (Å²) < 4.78 is 23.7. The van der Waals surface area contributed by atoms with Crippen molar-refractivity contribution in [3.05, 3.63) is 53.8 Å². The Morgan fingerprint density at radius 1 is 1.14 bits per heavy atom. The maximum Gasteiger partial charge on any atom is 0.226 e. The predicted molar refractivity (Wildman–Crippen MR) is 108 cm³/mol. The number of hydrogen-bond acceptors (Lipinski definition) is 4. The molecule has 0 heterocycles. The van der Waals surface area contributed by atoms with Gasteiger partial charge in [0.1, 0.15) is 17.3 Å². The molecule has 3 rings (SSSR count). The van der Waals surface area contributed by atoms with Crippen LogP contribution in [0.3, 0.4) is 0 Å². The Hall–Kier alpha value is -2.60. The van der Waals surface area contributed by atoms with E-state index < -0.39 is 0 Å². The Labute approximate surface area is 165 Å². The molecule has 5 nitrogen and oxygen atoms in total. The first kappa shape index (κ1) is 20.1. The molecule has 0 spiro atoms. The lowest BCUT2D eigenvalue weighted by atomic mass is 9.95. The number of carbonyl (C=O) groups is 1. The van der Waals surface area contributed by atoms with Crippen LogP contribution in [0.15, 0.2) is 42.5 Å². The summed E-state index contributed by atoms with van der Waals surface area (Å²) in [6, 6.07) is 12.0. The first-order chi connectivity index (χ1) is 13.5. The molecule has 1 amide bonds. The minimum absolute atomic E-state index is 0.00882. The number of ether oxygens (including phenoxy) is 2. The number of hydrogen-bond donors (Lipinski definition) is 2. The summed E-state index contributed by atoms with van der Waals surface area (Å²) in [4.78, 5) is 12.4. The molecule has 0 radical (unpaired) electrons. The van der Waals surface area contributed by atoms with Crippen molar-refractivity contribution in [2.45, 2.75) is 37.6 Å². The molecule has 1 fully saturated rings. The van der Waals surface area contributed by atoms with E-state index in [0.29, 0.717) is 23.6 Å². The smallest absolute Gasteiger partial charge is 0.226 e. The van der Waals surface area contributed by atoms with Gasteiger partial charge in [0.2, 0.25) is 5.91 Å². The SMILES string of the molecule is COc1ccc(OC)c(NC(=O)CC(C)NCC2(c3ccc(F)cc3)CC2)c1. The van der Waals surface area contributed by atoms with Gasteiger partial charge in [-0.3, -0.25) is 4.79 Å². The standard InChI is InChI=1S/C22H27FN2O3/c1-15(24-14-22(10-11-22)16-4-6-17(23)7-5-16)12-21(26)25-19-13-18(27-2)8-9-20(19)28-3/h4-9,13,15,24H,10-12,14H2,1-3H3,(H,25,26). The zero-order valence-corrected chi connectivity index (χ0v) is 16.5. The van der Waals surface area contributed by atoms with Crippen molar-refractivity contribution in [3.63, 3.8) is 0 Å². The molecular weight excluding hydrogens is 359 g/mol. The third-order valence-corrected chi connectivity index (χ3v) is 5.27. The minimum atomic E-state index is -0.217. The van der Waals surface area contributed by atoms with Crippen LogP contribution in [-0.4, -0.2) is 32.7 Å². The van der Waals surface area contributed by atoms with Crippen LogP contribution >= 0.6 is 0 Å². The second-order valence-electron chi connectivity index (χ2n) is 7.39. The fourth-order valence-electron chi connectivity index (χ4n) is 3.35. The van der Waals surface area contributed by atoms with Crippen molar-refractivity contribution in [3.8, 4) is 11.5 Å². The van der Waals surface area contributed by atoms with Crippen molar-refractivity contribution in [1.82, 2.24) is 5.32 Å². The molecular formula is C22H27FN2O3. The maximum absolute atomic E-state index is 13.2. The van der Waals surface area contributed by atoms with Crippen molar-refractivity contribution >= 4 is 11.6 Å². The van der Waals surface area contributed by atoms with Gasteiger partial charge in [0, 0.05) is 30.5 Å². The van der Waals surface area contributed by atoms with Gasteiger partial charge in [-0.15, -0.1) is 0 Å². The van der Waals surface area contributed by atoms with Gasteiger partial charge in [-0.25, -0.2) is 4.39 Å². The number of anilines is 1. The molecule has 2 N–H and O–H groups in total. The molecule has 1 atom stereocenters. The molecule has 0 saturated heterocycles. The number of rotatable bonds is 9. The van der Waals surface area contributed by atoms with Crippen LogP contribution in [0.4, 0.5) is 10.1 Å². The Morgan fingerprint density at radius 2 is 1.86 bits per heavy atom. The van der Waals surface area contributed by atoms with Crippen LogP contribution in [0.5, 0.6) is 11.5 Å². The number of methoxy groups -OCH3 is 2. The lowest BCUT2D eigenvalue weighted by Crippen LogP contribution is -2.36. The topological polar surface area (TPSA) is 59.6 Å². The van der Waals surface area contributed by atoms with E-state index >= 15 is 0 Å². The fourth-order valence-corrected chi connectivity index (χ4v) is 3.35. The quantitative estimate of drug-likeness (QED) is 0.687. The van der Waals surface area contributed by atoms with Crippen molar-refractivity contribution in [2.24, 2.45) is 0 Å². The van der Waals surface area contributed by atoms with Crippen molar-refractivity contribution < 1.29 is 18.7 Å². The maximum atomic E-state index is 13.2. The lowest BCUT2D eigenvalue weighted by molar-refractivity contribution is -0.116. The largest absolute Gasteiger partial charge is 0.497 e. The van der Waals surface area contributed by atoms with Crippen molar-refractivity contribution in [2.75, 3.05) is 26.1 Å². The summed E-state index contributed by atoms with van der Waals surface area (Å²) >= 11 is 0. The lowest BCUT2D eigenvalue weighted by Gasteiger charge is -2.21. The first-order valence-electron chi connectivity index (χ1n) is 9.47. The summed E-state index contributed by atoms with van der Waals surface area (Å²) in [5.41, 5.74) is 1.80. The molecule has 0 aromatic heterocycles. The second kappa shape index (κ2) is 8.61. The Balaban J connectivity index is 1.53. The van der Waals surface area contributed by atoms with Crippen molar-refractivity contribution in [1.29, 1.82) is 0 Å². The first-order valence-corrected chi connectivity index (χ1v) is 9.47. The molecule has 28 heavy (non-hydrogen) atoms. The van der Waals surface area contributed by atoms with Crippen LogP contribution < -0.4 is 20.1 Å². The van der Waals surface area contributed by atoms with Gasteiger partial charge in [-0.1, -0.05) is 12.1 Å². The van der Waals surface area contributed by atoms with E-state index in [1.54, 1.807) is 32.4 Å². The summed E-state index contributed by atoms with van der Waals surface area (Å²) in [6.07, 6.45) is 2.48. The Kier molecular flexibility index (Phi) is 6.19. The molecule has 6 heteroatoms. The third-order valence-electron chi connectivity index (χ3n) is 5.27. The van der Waals surface area contributed by atoms with E-state index in [0.717, 1.165) is 24.9 Å². The molecule has 2 aromatic rings. The van der Waals surface area contributed by atoms with Gasteiger partial charge in [0.25, 0.3) is 0 Å². The van der Waals surface area contributed by atoms with E-state index in [1.807, 2.05) is 19.1 Å². The van der Waals surface area contributed by atoms with Gasteiger partial charge in [-0.2, -0.15) is 0 Å². The van der Waals surface area contributed by atoms with E-state index in [-0.39, 0.29) is 23.2 Å². The van der Waals surface area contributed by atoms with Crippen LogP contribution in [0.25, 0.3) is 0 Å². The monoisotopic (exact) mass is 386 g/mol. The number of nitrogens with one attached hydrogen (secondary N) is 2. The molecule has 0 aliphatic heterocycles. The Bertz CT molecular complexity index is 819. The van der Waals surface area contributed by atoms with E-state index in [1.165, 1.54) is 12.1 Å². The molecule has 1 aliphatic carbocycles. The molecule has 150 valence electrons. The highest BCUT2D eigenvalue weighted by atomic mass is 19.1. The van der Waals surface area contributed by atoms with Crippen LogP contribution in [0, 0.1) is 5.82 Å². The van der Waals surface area contributed by atoms with E-state index in [9.17, 15) is 9.18 Å². The third kappa shape index (κ3) is 4.81. The van der Waals surface area contributed by atoms with Gasteiger partial charge in [-0.05, 0) is 49.6 Å². The zero-order valence-electron chi connectivity index (χ0n) is 16.5. The number of carbonyl (C=O) groups excluding carboxylic acids is 1. The summed E-state index contributed by atoms with van der Waals surface area (Å²) in [6.45, 7) is 2.76. The highest BCUT2D eigenvalue weighted by Crippen LogP contribution is 2.47. The second-order valence-corrected chi connectivity index (χ2v) is 7.39. The highest BCUT2D eigenvalue weighted by Gasteiger charge is 2.43. The summed E-state index contributed by atoms with van der Waals surface area (Å²) in [7, 11) is 3.14. The molecule has 1 aliphatic rings. The fraction of sp³-hybridized carbons (Fsp3) is 0.409. The van der Waals surface area contributed by atoms with Gasteiger partial charge in [0.05, 0.1) is 19.9 Å². The van der Waals surface area contributed by atoms with Crippen LogP contribution in [0.1, 0.15) is 31.7 Å². The average Bonchev–Trinajstić information content (AvgIpc) is 3.48. The zero-order chi connectivity index (χ0) is 20.1. The normalized spacial score (nSPS) is 15.6. The van der Waals surface area contributed by atoms with Gasteiger partial charge in [0.15, 0.2) is 0 Å². The average molecular weight is 386 g/mol. The number of halogens is 1. The van der Waals surface area contributed by atoms with Gasteiger partial charge < -0.3 is 20.1 Å². The van der Waals surface area contributed by atoms with Crippen LogP contribution in [-0.2, 0) is 10.2 Å². The Morgan fingerprint density at radius 3 is 2.46 bits per heavy atom. The van der Waals surface area contributed by atoms with E-state index in [4.69, 9.17) is 9.47 Å². The van der Waals surface area contributed by atoms with Crippen LogP contribution in [0.2, 0.25) is 0 Å². The molecule has 1 unspecified atom stereocenters. The molecule has 0 bridgehead atoms. The minimum Gasteiger partial charge on any atom is -0.497 e. The molecule has 2 aromatic carbocycles. The van der Waals surface area contributed by atoms with Gasteiger partial charge >= 0.3 is 0 Å². The number of benzene rings is 2. The summed E-state index contributed by atoms with van der Waals surface area (Å²) in [5, 5.41) is 6.35. The van der Waals surface area contributed by atoms with E-state index in [2.05, 4.69) is 10.6 Å². The molecule has 1 saturated carbocycles.